The van der Waals surface area contributed by atoms with Crippen LogP contribution in [0.4, 0.5) is 8.78 Å². The number of benzene rings is 1. The van der Waals surface area contributed by atoms with Gasteiger partial charge >= 0.3 is 6.61 Å². The highest BCUT2D eigenvalue weighted by Crippen LogP contribution is 2.19. The molecule has 0 saturated carbocycles. The number of carbonyl (C=O) groups excluding carboxylic acids is 1. The first kappa shape index (κ1) is 17.1. The molecule has 0 fully saturated rings. The van der Waals surface area contributed by atoms with E-state index in [1.807, 2.05) is 0 Å². The van der Waals surface area contributed by atoms with E-state index in [9.17, 15) is 18.7 Å². The molecule has 2 aromatic rings. The van der Waals surface area contributed by atoms with Gasteiger partial charge in [-0.3, -0.25) is 9.78 Å². The third-order valence-corrected chi connectivity index (χ3v) is 3.14. The van der Waals surface area contributed by atoms with Crippen LogP contribution in [0, 0.1) is 0 Å². The van der Waals surface area contributed by atoms with Crippen LogP contribution in [-0.4, -0.2) is 29.2 Å². The van der Waals surface area contributed by atoms with Gasteiger partial charge in [-0.2, -0.15) is 8.78 Å². The van der Waals surface area contributed by atoms with Gasteiger partial charge in [0.2, 0.25) is 0 Å². The summed E-state index contributed by atoms with van der Waals surface area (Å²) in [5.41, 5.74) is 0.580. The minimum absolute atomic E-state index is 0.0110. The maximum absolute atomic E-state index is 12.0. The highest BCUT2D eigenvalue weighted by molar-refractivity contribution is 6.30. The van der Waals surface area contributed by atoms with Gasteiger partial charge in [-0.1, -0.05) is 23.7 Å². The van der Waals surface area contributed by atoms with Crippen LogP contribution in [-0.2, 0) is 0 Å². The Hall–Kier alpha value is -2.25. The Labute approximate surface area is 135 Å². The van der Waals surface area contributed by atoms with Gasteiger partial charge in [-0.15, -0.1) is 0 Å². The molecule has 1 amide bonds. The van der Waals surface area contributed by atoms with E-state index in [2.05, 4.69) is 15.0 Å². The van der Waals surface area contributed by atoms with Crippen molar-refractivity contribution >= 4 is 17.5 Å². The standard InChI is InChI=1S/C15H13ClF2N2O3/c16-10-5-6-19-12(7-10)14(22)20-8-13(21)9-1-3-11(4-2-9)23-15(17)18/h1-7,13,15,21H,8H2,(H,20,22). The monoisotopic (exact) mass is 342 g/mol. The molecule has 5 nitrogen and oxygen atoms in total. The van der Waals surface area contributed by atoms with Crippen molar-refractivity contribution in [2.24, 2.45) is 0 Å². The van der Waals surface area contributed by atoms with Crippen LogP contribution in [0.1, 0.15) is 22.2 Å². The van der Waals surface area contributed by atoms with Crippen LogP contribution in [0.5, 0.6) is 5.75 Å². The molecule has 0 aliphatic carbocycles. The van der Waals surface area contributed by atoms with Crippen LogP contribution in [0.2, 0.25) is 5.02 Å². The van der Waals surface area contributed by atoms with Crippen LogP contribution < -0.4 is 10.1 Å². The fourth-order valence-corrected chi connectivity index (χ4v) is 1.96. The van der Waals surface area contributed by atoms with Crippen molar-refractivity contribution in [2.75, 3.05) is 6.54 Å². The number of carbonyl (C=O) groups is 1. The largest absolute Gasteiger partial charge is 0.435 e. The van der Waals surface area contributed by atoms with Gasteiger partial charge in [0.1, 0.15) is 11.4 Å². The molecule has 1 aromatic heterocycles. The number of aliphatic hydroxyl groups is 1. The predicted octanol–water partition coefficient (Wildman–Crippen LogP) is 2.80. The molecule has 2 rings (SSSR count). The fraction of sp³-hybridized carbons (Fsp3) is 0.200. The van der Waals surface area contributed by atoms with E-state index < -0.39 is 18.6 Å². The molecule has 1 aromatic carbocycles. The van der Waals surface area contributed by atoms with Crippen molar-refractivity contribution in [3.63, 3.8) is 0 Å². The Morgan fingerprint density at radius 3 is 2.61 bits per heavy atom. The summed E-state index contributed by atoms with van der Waals surface area (Å²) < 4.78 is 28.3. The first-order chi connectivity index (χ1) is 11.0. The zero-order chi connectivity index (χ0) is 16.8. The smallest absolute Gasteiger partial charge is 0.387 e. The molecule has 0 spiro atoms. The van der Waals surface area contributed by atoms with Crippen molar-refractivity contribution in [1.82, 2.24) is 10.3 Å². The van der Waals surface area contributed by atoms with Gasteiger partial charge in [-0.05, 0) is 29.8 Å². The second-order valence-corrected chi connectivity index (χ2v) is 4.97. The average molecular weight is 343 g/mol. The van der Waals surface area contributed by atoms with Crippen LogP contribution in [0.3, 0.4) is 0 Å². The summed E-state index contributed by atoms with van der Waals surface area (Å²) in [7, 11) is 0. The van der Waals surface area contributed by atoms with E-state index >= 15 is 0 Å². The average Bonchev–Trinajstić information content (AvgIpc) is 2.52. The summed E-state index contributed by atoms with van der Waals surface area (Å²) >= 11 is 5.76. The number of nitrogens with zero attached hydrogens (tertiary/aromatic N) is 1. The summed E-state index contributed by atoms with van der Waals surface area (Å²) in [5, 5.41) is 12.9. The number of aromatic nitrogens is 1. The molecule has 0 aliphatic rings. The molecule has 122 valence electrons. The lowest BCUT2D eigenvalue weighted by molar-refractivity contribution is -0.0498. The lowest BCUT2D eigenvalue weighted by atomic mass is 10.1. The van der Waals surface area contributed by atoms with Crippen molar-refractivity contribution < 1.29 is 23.4 Å². The molecule has 23 heavy (non-hydrogen) atoms. The number of amides is 1. The van der Waals surface area contributed by atoms with E-state index in [0.29, 0.717) is 10.6 Å². The Balaban J connectivity index is 1.91. The molecule has 1 heterocycles. The number of pyridine rings is 1. The number of nitrogens with one attached hydrogen (secondary N) is 1. The number of halogens is 3. The molecule has 1 unspecified atom stereocenters. The van der Waals surface area contributed by atoms with Gasteiger partial charge in [-0.25, -0.2) is 0 Å². The minimum atomic E-state index is -2.91. The predicted molar refractivity (Wildman–Crippen MR) is 79.6 cm³/mol. The summed E-state index contributed by atoms with van der Waals surface area (Å²) in [6.45, 7) is -2.97. The number of hydrogen-bond acceptors (Lipinski definition) is 4. The van der Waals surface area contributed by atoms with Crippen LogP contribution in [0.25, 0.3) is 0 Å². The molecule has 1 atom stereocenters. The van der Waals surface area contributed by atoms with Gasteiger partial charge in [0.25, 0.3) is 5.91 Å². The SMILES string of the molecule is O=C(NCC(O)c1ccc(OC(F)F)cc1)c1cc(Cl)ccn1. The van der Waals surface area contributed by atoms with E-state index in [1.165, 1.54) is 42.6 Å². The number of alkyl halides is 2. The highest BCUT2D eigenvalue weighted by Gasteiger charge is 2.13. The maximum atomic E-state index is 12.0. The van der Waals surface area contributed by atoms with Gasteiger partial charge < -0.3 is 15.2 Å². The second-order valence-electron chi connectivity index (χ2n) is 4.53. The van der Waals surface area contributed by atoms with Crippen molar-refractivity contribution in [2.45, 2.75) is 12.7 Å². The Morgan fingerprint density at radius 2 is 2.00 bits per heavy atom. The Bertz CT molecular complexity index is 668. The third kappa shape index (κ3) is 5.15. The lowest BCUT2D eigenvalue weighted by Crippen LogP contribution is -2.29. The van der Waals surface area contributed by atoms with Crippen molar-refractivity contribution in [1.29, 1.82) is 0 Å². The number of aliphatic hydroxyl groups excluding tert-OH is 1. The van der Waals surface area contributed by atoms with Crippen LogP contribution in [0.15, 0.2) is 42.6 Å². The number of rotatable bonds is 6. The van der Waals surface area contributed by atoms with E-state index in [-0.39, 0.29) is 18.0 Å². The second kappa shape index (κ2) is 7.85. The lowest BCUT2D eigenvalue weighted by Gasteiger charge is -2.13. The van der Waals surface area contributed by atoms with E-state index in [0.717, 1.165) is 0 Å². The highest BCUT2D eigenvalue weighted by atomic mass is 35.5. The van der Waals surface area contributed by atoms with Crippen molar-refractivity contribution in [3.05, 3.63) is 58.9 Å². The topological polar surface area (TPSA) is 71.5 Å². The molecule has 2 N–H and O–H groups in total. The van der Waals surface area contributed by atoms with E-state index in [1.54, 1.807) is 0 Å². The summed E-state index contributed by atoms with van der Waals surface area (Å²) in [6, 6.07) is 8.43. The zero-order valence-corrected chi connectivity index (χ0v) is 12.5. The molecule has 0 radical (unpaired) electrons. The third-order valence-electron chi connectivity index (χ3n) is 2.90. The Kier molecular flexibility index (Phi) is 5.84. The molecular formula is C15H13ClF2N2O3. The molecule has 0 aliphatic heterocycles. The molecule has 8 heteroatoms. The summed E-state index contributed by atoms with van der Waals surface area (Å²) in [6.07, 6.45) is 0.397. The molecule has 0 saturated heterocycles. The van der Waals surface area contributed by atoms with E-state index in [4.69, 9.17) is 11.6 Å². The number of hydrogen-bond donors (Lipinski definition) is 2. The number of ether oxygens (including phenoxy) is 1. The Morgan fingerprint density at radius 1 is 1.30 bits per heavy atom. The quantitative estimate of drug-likeness (QED) is 0.846. The van der Waals surface area contributed by atoms with Crippen LogP contribution >= 0.6 is 11.6 Å². The normalized spacial score (nSPS) is 12.0. The van der Waals surface area contributed by atoms with Gasteiger partial charge in [0, 0.05) is 17.8 Å². The van der Waals surface area contributed by atoms with Crippen molar-refractivity contribution in [3.8, 4) is 5.75 Å². The zero-order valence-electron chi connectivity index (χ0n) is 11.7. The fourth-order valence-electron chi connectivity index (χ4n) is 1.80. The van der Waals surface area contributed by atoms with Gasteiger partial charge in [0.05, 0.1) is 6.10 Å². The molecular weight excluding hydrogens is 330 g/mol. The minimum Gasteiger partial charge on any atom is -0.435 e. The molecule has 0 bridgehead atoms. The van der Waals surface area contributed by atoms with Gasteiger partial charge in [0.15, 0.2) is 0 Å². The first-order valence-electron chi connectivity index (χ1n) is 6.58. The maximum Gasteiger partial charge on any atom is 0.387 e. The summed E-state index contributed by atoms with van der Waals surface area (Å²) in [4.78, 5) is 15.7. The first-order valence-corrected chi connectivity index (χ1v) is 6.96. The summed E-state index contributed by atoms with van der Waals surface area (Å²) in [5.74, 6) is -0.493.